The van der Waals surface area contributed by atoms with Gasteiger partial charge in [-0.15, -0.1) is 0 Å². The maximum Gasteiger partial charge on any atom is 0.336 e. The van der Waals surface area contributed by atoms with E-state index in [-0.39, 0.29) is 11.4 Å². The summed E-state index contributed by atoms with van der Waals surface area (Å²) in [7, 11) is 0. The number of fused-ring (bicyclic) bond motifs is 1. The van der Waals surface area contributed by atoms with E-state index < -0.39 is 0 Å². The van der Waals surface area contributed by atoms with Crippen molar-refractivity contribution in [2.45, 2.75) is 20.4 Å². The number of hydrogen-bond donors (Lipinski definition) is 0. The Balaban J connectivity index is 1.53. The molecule has 0 radical (unpaired) electrons. The van der Waals surface area contributed by atoms with E-state index in [2.05, 4.69) is 22.8 Å². The average Bonchev–Trinajstić information content (AvgIpc) is 2.64. The van der Waals surface area contributed by atoms with Crippen LogP contribution in [0.25, 0.3) is 11.0 Å². The summed E-state index contributed by atoms with van der Waals surface area (Å²) in [6.45, 7) is 7.94. The molecule has 2 heterocycles. The lowest BCUT2D eigenvalue weighted by Crippen LogP contribution is -2.46. The van der Waals surface area contributed by atoms with E-state index in [0.29, 0.717) is 17.8 Å². The van der Waals surface area contributed by atoms with E-state index in [0.717, 1.165) is 42.7 Å². The van der Waals surface area contributed by atoms with Crippen LogP contribution in [0.15, 0.2) is 51.7 Å². The zero-order chi connectivity index (χ0) is 19.0. The summed E-state index contributed by atoms with van der Waals surface area (Å²) < 4.78 is 19.4. The van der Waals surface area contributed by atoms with Gasteiger partial charge in [0.25, 0.3) is 0 Å². The maximum atomic E-state index is 14.0. The Morgan fingerprint density at radius 1 is 1.00 bits per heavy atom. The van der Waals surface area contributed by atoms with Crippen LogP contribution in [0.3, 0.4) is 0 Å². The van der Waals surface area contributed by atoms with Gasteiger partial charge in [-0.2, -0.15) is 0 Å². The molecule has 3 aromatic rings. The van der Waals surface area contributed by atoms with Gasteiger partial charge < -0.3 is 9.32 Å². The van der Waals surface area contributed by atoms with E-state index >= 15 is 0 Å². The number of halogens is 1. The molecule has 5 heteroatoms. The molecule has 140 valence electrons. The van der Waals surface area contributed by atoms with Crippen LogP contribution >= 0.6 is 0 Å². The second kappa shape index (κ2) is 7.16. The molecule has 0 aliphatic carbocycles. The van der Waals surface area contributed by atoms with Gasteiger partial charge in [0.2, 0.25) is 0 Å². The summed E-state index contributed by atoms with van der Waals surface area (Å²) in [5.74, 6) is -0.177. The molecule has 0 atom stereocenters. The lowest BCUT2D eigenvalue weighted by atomic mass is 10.0. The number of aryl methyl sites for hydroxylation is 2. The third-order valence-electron chi connectivity index (χ3n) is 5.40. The molecule has 4 nitrogen and oxygen atoms in total. The molecule has 1 aliphatic heterocycles. The van der Waals surface area contributed by atoms with E-state index in [1.807, 2.05) is 25.1 Å². The number of nitrogens with zero attached hydrogens (tertiary/aromatic N) is 2. The van der Waals surface area contributed by atoms with Gasteiger partial charge in [0.05, 0.1) is 5.69 Å². The molecule has 27 heavy (non-hydrogen) atoms. The van der Waals surface area contributed by atoms with Crippen molar-refractivity contribution in [3.05, 3.63) is 75.4 Å². The Labute approximate surface area is 157 Å². The van der Waals surface area contributed by atoms with E-state index in [9.17, 15) is 9.18 Å². The molecule has 0 N–H and O–H groups in total. The summed E-state index contributed by atoms with van der Waals surface area (Å²) in [4.78, 5) is 16.4. The van der Waals surface area contributed by atoms with Crippen LogP contribution in [0, 0.1) is 19.7 Å². The highest BCUT2D eigenvalue weighted by atomic mass is 19.1. The summed E-state index contributed by atoms with van der Waals surface area (Å²) >= 11 is 0. The van der Waals surface area contributed by atoms with Crippen LogP contribution in [-0.4, -0.2) is 31.1 Å². The second-order valence-corrected chi connectivity index (χ2v) is 7.24. The van der Waals surface area contributed by atoms with Gasteiger partial charge in [-0.25, -0.2) is 9.18 Å². The first-order valence-electron chi connectivity index (χ1n) is 9.27. The Morgan fingerprint density at radius 3 is 2.44 bits per heavy atom. The van der Waals surface area contributed by atoms with Crippen molar-refractivity contribution in [3.63, 3.8) is 0 Å². The topological polar surface area (TPSA) is 36.7 Å². The molecule has 0 amide bonds. The van der Waals surface area contributed by atoms with Crippen LogP contribution in [0.4, 0.5) is 10.1 Å². The number of benzene rings is 2. The lowest BCUT2D eigenvalue weighted by molar-refractivity contribution is 0.249. The van der Waals surface area contributed by atoms with Crippen molar-refractivity contribution in [3.8, 4) is 0 Å². The monoisotopic (exact) mass is 366 g/mol. The average molecular weight is 366 g/mol. The van der Waals surface area contributed by atoms with E-state index in [1.165, 1.54) is 11.6 Å². The van der Waals surface area contributed by atoms with Crippen LogP contribution < -0.4 is 10.5 Å². The normalized spacial score (nSPS) is 15.4. The van der Waals surface area contributed by atoms with Gasteiger partial charge in [0.15, 0.2) is 0 Å². The third-order valence-corrected chi connectivity index (χ3v) is 5.40. The minimum Gasteiger partial charge on any atom is -0.423 e. The first-order chi connectivity index (χ1) is 13.0. The molecule has 1 saturated heterocycles. The molecule has 0 unspecified atom stereocenters. The fourth-order valence-corrected chi connectivity index (χ4v) is 3.71. The molecular weight excluding hydrogens is 343 g/mol. The zero-order valence-electron chi connectivity index (χ0n) is 15.7. The van der Waals surface area contributed by atoms with Crippen molar-refractivity contribution in [1.82, 2.24) is 4.90 Å². The highest BCUT2D eigenvalue weighted by Crippen LogP contribution is 2.24. The van der Waals surface area contributed by atoms with Gasteiger partial charge in [-0.3, -0.25) is 4.90 Å². The number of para-hydroxylation sites is 1. The Morgan fingerprint density at radius 2 is 1.70 bits per heavy atom. The number of anilines is 1. The summed E-state index contributed by atoms with van der Waals surface area (Å²) in [6.07, 6.45) is 0. The van der Waals surface area contributed by atoms with Crippen LogP contribution in [0.2, 0.25) is 0 Å². The van der Waals surface area contributed by atoms with Gasteiger partial charge in [-0.05, 0) is 54.8 Å². The quantitative estimate of drug-likeness (QED) is 0.660. The number of hydrogen-bond acceptors (Lipinski definition) is 4. The van der Waals surface area contributed by atoms with Gasteiger partial charge >= 0.3 is 5.63 Å². The molecule has 0 bridgehead atoms. The van der Waals surface area contributed by atoms with E-state index in [4.69, 9.17) is 4.42 Å². The highest BCUT2D eigenvalue weighted by Gasteiger charge is 2.20. The Hall–Kier alpha value is -2.66. The Bertz CT molecular complexity index is 1040. The molecule has 0 spiro atoms. The fraction of sp³-hybridized carbons (Fsp3) is 0.318. The zero-order valence-corrected chi connectivity index (χ0v) is 15.7. The molecule has 1 fully saturated rings. The largest absolute Gasteiger partial charge is 0.423 e. The minimum atomic E-state index is -0.314. The first kappa shape index (κ1) is 17.7. The van der Waals surface area contributed by atoms with Crippen LogP contribution in [-0.2, 0) is 6.54 Å². The van der Waals surface area contributed by atoms with Crippen molar-refractivity contribution in [2.75, 3.05) is 31.1 Å². The number of piperazine rings is 1. The molecule has 2 aromatic carbocycles. The van der Waals surface area contributed by atoms with Crippen molar-refractivity contribution < 1.29 is 8.81 Å². The van der Waals surface area contributed by atoms with Crippen LogP contribution in [0.1, 0.15) is 16.7 Å². The minimum absolute atomic E-state index is 0.177. The molecular formula is C22H23FN2O2. The highest BCUT2D eigenvalue weighted by molar-refractivity contribution is 5.81. The number of rotatable bonds is 3. The van der Waals surface area contributed by atoms with Crippen LogP contribution in [0.5, 0.6) is 0 Å². The van der Waals surface area contributed by atoms with Gasteiger partial charge in [0, 0.05) is 44.2 Å². The van der Waals surface area contributed by atoms with Crippen molar-refractivity contribution in [2.24, 2.45) is 0 Å². The predicted molar refractivity (Wildman–Crippen MR) is 106 cm³/mol. The fourth-order valence-electron chi connectivity index (χ4n) is 3.71. The van der Waals surface area contributed by atoms with Gasteiger partial charge in [0.1, 0.15) is 11.4 Å². The predicted octanol–water partition coefficient (Wildman–Crippen LogP) is 3.87. The summed E-state index contributed by atoms with van der Waals surface area (Å²) in [5, 5.41) is 0.995. The molecule has 0 saturated carbocycles. The Kier molecular flexibility index (Phi) is 4.70. The van der Waals surface area contributed by atoms with E-state index in [1.54, 1.807) is 12.1 Å². The smallest absolute Gasteiger partial charge is 0.336 e. The standard InChI is InChI=1S/C22H23FN2O2/c1-15-11-18-17(13-22(26)27-21(18)12-16(15)2)14-24-7-9-25(10-8-24)20-6-4-3-5-19(20)23/h3-6,11-13H,7-10,14H2,1-2H3. The summed E-state index contributed by atoms with van der Waals surface area (Å²) in [6, 6.07) is 12.5. The molecule has 4 rings (SSSR count). The van der Waals surface area contributed by atoms with Crippen molar-refractivity contribution in [1.29, 1.82) is 0 Å². The third kappa shape index (κ3) is 3.60. The molecule has 1 aliphatic rings. The summed E-state index contributed by atoms with van der Waals surface area (Å²) in [5.41, 5.74) is 4.28. The maximum absolute atomic E-state index is 14.0. The van der Waals surface area contributed by atoms with Crippen molar-refractivity contribution >= 4 is 16.7 Å². The molecule has 1 aromatic heterocycles. The second-order valence-electron chi connectivity index (χ2n) is 7.24. The lowest BCUT2D eigenvalue weighted by Gasteiger charge is -2.36. The first-order valence-corrected chi connectivity index (χ1v) is 9.27. The van der Waals surface area contributed by atoms with Gasteiger partial charge in [-0.1, -0.05) is 12.1 Å². The SMILES string of the molecule is Cc1cc2oc(=O)cc(CN3CCN(c4ccccc4F)CC3)c2cc1C.